The van der Waals surface area contributed by atoms with Crippen molar-refractivity contribution < 1.29 is 5.11 Å². The lowest BCUT2D eigenvalue weighted by Gasteiger charge is -2.29. The lowest BCUT2D eigenvalue weighted by molar-refractivity contribution is 0.128. The summed E-state index contributed by atoms with van der Waals surface area (Å²) in [5.41, 5.74) is 0. The molecule has 1 rings (SSSR count). The van der Waals surface area contributed by atoms with Gasteiger partial charge in [0.05, 0.1) is 12.2 Å². The van der Waals surface area contributed by atoms with E-state index in [4.69, 9.17) is 5.26 Å². The SMILES string of the molecule is CC(C)C(O)C/C=C/C[C@@H]1CCCC[C@H]1CC#N. The van der Waals surface area contributed by atoms with Crippen LogP contribution in [0.4, 0.5) is 0 Å². The maximum absolute atomic E-state index is 9.71. The van der Waals surface area contributed by atoms with Crippen LogP contribution in [-0.4, -0.2) is 11.2 Å². The Hall–Kier alpha value is -0.810. The topological polar surface area (TPSA) is 44.0 Å². The van der Waals surface area contributed by atoms with Gasteiger partial charge in [-0.15, -0.1) is 0 Å². The quantitative estimate of drug-likeness (QED) is 0.721. The van der Waals surface area contributed by atoms with E-state index in [1.807, 2.05) is 13.8 Å². The van der Waals surface area contributed by atoms with Crippen LogP contribution in [0.5, 0.6) is 0 Å². The summed E-state index contributed by atoms with van der Waals surface area (Å²) < 4.78 is 0. The molecule has 0 heterocycles. The van der Waals surface area contributed by atoms with E-state index in [2.05, 4.69) is 18.2 Å². The molecule has 18 heavy (non-hydrogen) atoms. The number of rotatable bonds is 6. The number of aliphatic hydroxyl groups excluding tert-OH is 1. The number of hydrogen-bond acceptors (Lipinski definition) is 2. The molecule has 0 aromatic carbocycles. The summed E-state index contributed by atoms with van der Waals surface area (Å²) in [4.78, 5) is 0. The van der Waals surface area contributed by atoms with Crippen molar-refractivity contribution in [3.8, 4) is 6.07 Å². The Labute approximate surface area is 112 Å². The predicted molar refractivity (Wildman–Crippen MR) is 74.9 cm³/mol. The second-order valence-electron chi connectivity index (χ2n) is 5.92. The number of nitriles is 1. The van der Waals surface area contributed by atoms with Crippen LogP contribution in [-0.2, 0) is 0 Å². The minimum atomic E-state index is -0.220. The van der Waals surface area contributed by atoms with Crippen LogP contribution in [0.1, 0.15) is 58.8 Å². The molecule has 1 saturated carbocycles. The Morgan fingerprint density at radius 3 is 2.50 bits per heavy atom. The summed E-state index contributed by atoms with van der Waals surface area (Å²) in [5, 5.41) is 18.5. The van der Waals surface area contributed by atoms with E-state index in [0.717, 1.165) is 12.8 Å². The molecule has 2 heteroatoms. The number of nitrogens with zero attached hydrogens (tertiary/aromatic N) is 1. The van der Waals surface area contributed by atoms with Crippen molar-refractivity contribution in [2.45, 2.75) is 64.9 Å². The molecule has 1 aliphatic rings. The van der Waals surface area contributed by atoms with Gasteiger partial charge in [-0.05, 0) is 43.4 Å². The van der Waals surface area contributed by atoms with Gasteiger partial charge in [0.1, 0.15) is 0 Å². The number of hydrogen-bond donors (Lipinski definition) is 1. The van der Waals surface area contributed by atoms with Crippen molar-refractivity contribution in [2.75, 3.05) is 0 Å². The van der Waals surface area contributed by atoms with Gasteiger partial charge in [0, 0.05) is 6.42 Å². The minimum absolute atomic E-state index is 0.220. The zero-order valence-corrected chi connectivity index (χ0v) is 11.8. The highest BCUT2D eigenvalue weighted by molar-refractivity contribution is 4.91. The molecular formula is C16H27NO. The molecule has 1 N–H and O–H groups in total. The Morgan fingerprint density at radius 2 is 1.89 bits per heavy atom. The normalized spacial score (nSPS) is 26.4. The highest BCUT2D eigenvalue weighted by Gasteiger charge is 2.23. The van der Waals surface area contributed by atoms with Crippen LogP contribution in [0.25, 0.3) is 0 Å². The van der Waals surface area contributed by atoms with Crippen LogP contribution >= 0.6 is 0 Å². The van der Waals surface area contributed by atoms with Gasteiger partial charge in [0.25, 0.3) is 0 Å². The molecule has 1 fully saturated rings. The van der Waals surface area contributed by atoms with Crippen LogP contribution in [0.2, 0.25) is 0 Å². The maximum atomic E-state index is 9.71. The Balaban J connectivity index is 2.32. The first kappa shape index (κ1) is 15.2. The van der Waals surface area contributed by atoms with Gasteiger partial charge in [-0.3, -0.25) is 0 Å². The van der Waals surface area contributed by atoms with Gasteiger partial charge < -0.3 is 5.11 Å². The van der Waals surface area contributed by atoms with E-state index in [1.54, 1.807) is 0 Å². The number of aliphatic hydroxyl groups is 1. The smallest absolute Gasteiger partial charge is 0.0624 e. The Bertz CT molecular complexity index is 290. The van der Waals surface area contributed by atoms with E-state index in [0.29, 0.717) is 24.2 Å². The Morgan fingerprint density at radius 1 is 1.22 bits per heavy atom. The van der Waals surface area contributed by atoms with Crippen molar-refractivity contribution in [1.82, 2.24) is 0 Å². The molecule has 0 aromatic heterocycles. The minimum Gasteiger partial charge on any atom is -0.393 e. The second-order valence-corrected chi connectivity index (χ2v) is 5.92. The van der Waals surface area contributed by atoms with Gasteiger partial charge in [0.2, 0.25) is 0 Å². The molecule has 1 aliphatic carbocycles. The van der Waals surface area contributed by atoms with Crippen molar-refractivity contribution in [2.24, 2.45) is 17.8 Å². The van der Waals surface area contributed by atoms with Gasteiger partial charge in [-0.2, -0.15) is 5.26 Å². The predicted octanol–water partition coefficient (Wildman–Crippen LogP) is 4.06. The standard InChI is InChI=1S/C16H27NO/c1-13(2)16(18)10-6-5-8-14-7-3-4-9-15(14)11-12-17/h5-6,13-16,18H,3-4,7-11H2,1-2H3/b6-5+/t14-,15-,16?/m0/s1. The Kier molecular flexibility index (Phi) is 7.05. The first-order valence-corrected chi connectivity index (χ1v) is 7.35. The first-order valence-electron chi connectivity index (χ1n) is 7.35. The largest absolute Gasteiger partial charge is 0.393 e. The molecule has 3 atom stereocenters. The molecule has 0 aromatic rings. The third-order valence-corrected chi connectivity index (χ3v) is 4.17. The van der Waals surface area contributed by atoms with E-state index in [1.165, 1.54) is 25.7 Å². The van der Waals surface area contributed by atoms with Gasteiger partial charge in [0.15, 0.2) is 0 Å². The van der Waals surface area contributed by atoms with Crippen LogP contribution in [0.15, 0.2) is 12.2 Å². The molecule has 0 bridgehead atoms. The fourth-order valence-electron chi connectivity index (χ4n) is 2.76. The van der Waals surface area contributed by atoms with Crippen molar-refractivity contribution >= 4 is 0 Å². The molecular weight excluding hydrogens is 222 g/mol. The van der Waals surface area contributed by atoms with Gasteiger partial charge in [-0.25, -0.2) is 0 Å². The molecule has 0 spiro atoms. The van der Waals surface area contributed by atoms with E-state index < -0.39 is 0 Å². The zero-order valence-electron chi connectivity index (χ0n) is 11.8. The highest BCUT2D eigenvalue weighted by atomic mass is 16.3. The summed E-state index contributed by atoms with van der Waals surface area (Å²) in [6.07, 6.45) is 11.8. The van der Waals surface area contributed by atoms with E-state index in [9.17, 15) is 5.11 Å². The van der Waals surface area contributed by atoms with Gasteiger partial charge >= 0.3 is 0 Å². The van der Waals surface area contributed by atoms with Crippen molar-refractivity contribution in [3.05, 3.63) is 12.2 Å². The summed E-state index contributed by atoms with van der Waals surface area (Å²) in [5.74, 6) is 1.62. The summed E-state index contributed by atoms with van der Waals surface area (Å²) >= 11 is 0. The molecule has 102 valence electrons. The molecule has 0 radical (unpaired) electrons. The zero-order chi connectivity index (χ0) is 13.4. The van der Waals surface area contributed by atoms with Crippen LogP contribution < -0.4 is 0 Å². The third kappa shape index (κ3) is 5.23. The molecule has 2 nitrogen and oxygen atoms in total. The second kappa shape index (κ2) is 8.32. The lowest BCUT2D eigenvalue weighted by atomic mass is 9.76. The molecule has 0 saturated heterocycles. The first-order chi connectivity index (χ1) is 8.65. The van der Waals surface area contributed by atoms with Crippen molar-refractivity contribution in [1.29, 1.82) is 5.26 Å². The average Bonchev–Trinajstić information content (AvgIpc) is 2.36. The molecule has 1 unspecified atom stereocenters. The maximum Gasteiger partial charge on any atom is 0.0624 e. The van der Waals surface area contributed by atoms with Crippen LogP contribution in [0, 0.1) is 29.1 Å². The summed E-state index contributed by atoms with van der Waals surface area (Å²) in [7, 11) is 0. The van der Waals surface area contributed by atoms with Crippen LogP contribution in [0.3, 0.4) is 0 Å². The van der Waals surface area contributed by atoms with Gasteiger partial charge in [-0.1, -0.05) is 38.8 Å². The van der Waals surface area contributed by atoms with E-state index >= 15 is 0 Å². The lowest BCUT2D eigenvalue weighted by Crippen LogP contribution is -2.18. The summed E-state index contributed by atoms with van der Waals surface area (Å²) in [6, 6.07) is 2.33. The van der Waals surface area contributed by atoms with E-state index in [-0.39, 0.29) is 6.10 Å². The monoisotopic (exact) mass is 249 g/mol. The summed E-state index contributed by atoms with van der Waals surface area (Å²) in [6.45, 7) is 4.09. The fourth-order valence-corrected chi connectivity index (χ4v) is 2.76. The van der Waals surface area contributed by atoms with Crippen molar-refractivity contribution in [3.63, 3.8) is 0 Å². The third-order valence-electron chi connectivity index (χ3n) is 4.17. The fraction of sp³-hybridized carbons (Fsp3) is 0.812. The molecule has 0 amide bonds. The highest BCUT2D eigenvalue weighted by Crippen LogP contribution is 2.34. The average molecular weight is 249 g/mol. The number of allylic oxidation sites excluding steroid dienone is 1. The molecule has 0 aliphatic heterocycles.